The van der Waals surface area contributed by atoms with E-state index >= 15 is 0 Å². The number of benzene rings is 1. The van der Waals surface area contributed by atoms with E-state index in [0.717, 1.165) is 0 Å². The zero-order valence-corrected chi connectivity index (χ0v) is 12.1. The van der Waals surface area contributed by atoms with E-state index in [1.165, 1.54) is 36.2 Å². The molecule has 0 aliphatic rings. The molecule has 112 valence electrons. The highest BCUT2D eigenvalue weighted by molar-refractivity contribution is 5.13. The zero-order chi connectivity index (χ0) is 14.0. The number of halogens is 3. The fourth-order valence-electron chi connectivity index (χ4n) is 1.98. The summed E-state index contributed by atoms with van der Waals surface area (Å²) in [5.74, 6) is 0. The molecule has 0 fully saturated rings. The van der Waals surface area contributed by atoms with E-state index in [1.54, 1.807) is 0 Å². The van der Waals surface area contributed by atoms with Gasteiger partial charge in [0.05, 0.1) is 19.6 Å². The first kappa shape index (κ1) is 20.3. The summed E-state index contributed by atoms with van der Waals surface area (Å²) in [4.78, 5) is 0. The zero-order valence-electron chi connectivity index (χ0n) is 12.1. The number of nitrogens with zero attached hydrogens (tertiary/aromatic N) is 1. The van der Waals surface area contributed by atoms with Crippen molar-refractivity contribution < 1.29 is 17.7 Å². The maximum Gasteiger partial charge on any atom is 0.379 e. The molecule has 1 aromatic carbocycles. The molecule has 0 bridgehead atoms. The van der Waals surface area contributed by atoms with Gasteiger partial charge in [0, 0.05) is 5.56 Å². The summed E-state index contributed by atoms with van der Waals surface area (Å²) in [6.07, 6.45) is 0. The molecule has 0 aliphatic heterocycles. The summed E-state index contributed by atoms with van der Waals surface area (Å²) in [6.45, 7) is 8.04. The maximum absolute atomic E-state index is 9.67. The Morgan fingerprint density at radius 1 is 0.895 bits per heavy atom. The first-order valence-electron chi connectivity index (χ1n) is 6.31. The fourth-order valence-corrected chi connectivity index (χ4v) is 1.98. The largest absolute Gasteiger partial charge is 0.379 e. The fraction of sp³-hybridized carbons (Fsp3) is 0.571. The molecular formula is C14H26F3N2+. The van der Waals surface area contributed by atoms with E-state index in [9.17, 15) is 13.2 Å². The van der Waals surface area contributed by atoms with Crippen molar-refractivity contribution in [1.29, 1.82) is 0 Å². The number of hydrogen-bond acceptors (Lipinski definition) is 1. The van der Waals surface area contributed by atoms with Crippen molar-refractivity contribution in [1.82, 2.24) is 6.15 Å². The second-order valence-electron chi connectivity index (χ2n) is 4.18. The molecule has 0 radical (unpaired) electrons. The van der Waals surface area contributed by atoms with Gasteiger partial charge in [0.1, 0.15) is 6.54 Å². The van der Waals surface area contributed by atoms with Crippen LogP contribution < -0.4 is 6.15 Å². The van der Waals surface area contributed by atoms with Crippen LogP contribution in [0.4, 0.5) is 13.2 Å². The molecule has 1 rings (SSSR count). The van der Waals surface area contributed by atoms with Crippen molar-refractivity contribution in [3.05, 3.63) is 35.9 Å². The predicted molar refractivity (Wildman–Crippen MR) is 74.2 cm³/mol. The Kier molecular flexibility index (Phi) is 11.5. The Balaban J connectivity index is 0. The molecule has 1 aromatic rings. The third-order valence-corrected chi connectivity index (χ3v) is 3.37. The van der Waals surface area contributed by atoms with Crippen molar-refractivity contribution in [3.8, 4) is 0 Å². The van der Waals surface area contributed by atoms with Crippen LogP contribution in [0.5, 0.6) is 0 Å². The molecule has 5 heteroatoms. The summed E-state index contributed by atoms with van der Waals surface area (Å²) in [6, 6.07) is 10.8. The van der Waals surface area contributed by atoms with E-state index in [1.807, 2.05) is 0 Å². The van der Waals surface area contributed by atoms with Crippen LogP contribution >= 0.6 is 0 Å². The average Bonchev–Trinajstić information content (AvgIpc) is 2.37. The predicted octanol–water partition coefficient (Wildman–Crippen LogP) is 4.40. The summed E-state index contributed by atoms with van der Waals surface area (Å²) in [7, 11) is 0. The monoisotopic (exact) mass is 279 g/mol. The third-order valence-electron chi connectivity index (χ3n) is 3.37. The van der Waals surface area contributed by atoms with Gasteiger partial charge in [-0.25, -0.2) is 0 Å². The number of alkyl halides is 3. The van der Waals surface area contributed by atoms with E-state index in [-0.39, 0.29) is 6.15 Å². The maximum atomic E-state index is 9.67. The van der Waals surface area contributed by atoms with E-state index in [2.05, 4.69) is 51.1 Å². The van der Waals surface area contributed by atoms with Gasteiger partial charge in [-0.05, 0) is 20.8 Å². The molecule has 0 heterocycles. The Morgan fingerprint density at radius 3 is 1.58 bits per heavy atom. The van der Waals surface area contributed by atoms with Crippen LogP contribution in [0.1, 0.15) is 26.3 Å². The SMILES string of the molecule is CC[N+](CC)(CC)Cc1ccccc1.FC(F)F.N. The average molecular weight is 279 g/mol. The number of rotatable bonds is 5. The van der Waals surface area contributed by atoms with Crippen LogP contribution in [-0.2, 0) is 6.54 Å². The topological polar surface area (TPSA) is 35.0 Å². The smallest absolute Gasteiger partial charge is 0.344 e. The highest BCUT2D eigenvalue weighted by Gasteiger charge is 2.20. The van der Waals surface area contributed by atoms with Crippen LogP contribution in [0.2, 0.25) is 0 Å². The lowest BCUT2D eigenvalue weighted by Gasteiger charge is -2.35. The summed E-state index contributed by atoms with van der Waals surface area (Å²) in [5, 5.41) is 0. The Labute approximate surface area is 114 Å². The lowest BCUT2D eigenvalue weighted by atomic mass is 10.2. The normalized spacial score (nSPS) is 10.5. The van der Waals surface area contributed by atoms with Crippen LogP contribution in [0.3, 0.4) is 0 Å². The molecule has 0 saturated carbocycles. The molecule has 0 amide bonds. The highest BCUT2D eigenvalue weighted by Crippen LogP contribution is 2.13. The van der Waals surface area contributed by atoms with Gasteiger partial charge in [-0.15, -0.1) is 0 Å². The van der Waals surface area contributed by atoms with Crippen molar-refractivity contribution in [2.75, 3.05) is 19.6 Å². The van der Waals surface area contributed by atoms with Gasteiger partial charge in [-0.3, -0.25) is 0 Å². The molecule has 3 N–H and O–H groups in total. The Bertz CT molecular complexity index is 290. The molecular weight excluding hydrogens is 253 g/mol. The first-order valence-corrected chi connectivity index (χ1v) is 6.31. The first-order chi connectivity index (χ1) is 8.49. The van der Waals surface area contributed by atoms with Crippen molar-refractivity contribution in [3.63, 3.8) is 0 Å². The molecule has 0 aromatic heterocycles. The molecule has 2 nitrogen and oxygen atoms in total. The lowest BCUT2D eigenvalue weighted by molar-refractivity contribution is -0.936. The second-order valence-corrected chi connectivity index (χ2v) is 4.18. The summed E-state index contributed by atoms with van der Waals surface area (Å²) in [5.41, 5.74) is 1.46. The van der Waals surface area contributed by atoms with E-state index in [4.69, 9.17) is 0 Å². The van der Waals surface area contributed by atoms with Crippen molar-refractivity contribution in [2.24, 2.45) is 0 Å². The van der Waals surface area contributed by atoms with Gasteiger partial charge in [-0.2, -0.15) is 13.2 Å². The molecule has 0 spiro atoms. The van der Waals surface area contributed by atoms with Crippen molar-refractivity contribution >= 4 is 0 Å². The summed E-state index contributed by atoms with van der Waals surface area (Å²) >= 11 is 0. The lowest BCUT2D eigenvalue weighted by Crippen LogP contribution is -2.46. The minimum Gasteiger partial charge on any atom is -0.344 e. The molecule has 0 unspecified atom stereocenters. The molecule has 0 saturated heterocycles. The van der Waals surface area contributed by atoms with Crippen LogP contribution in [0, 0.1) is 0 Å². The van der Waals surface area contributed by atoms with Gasteiger partial charge in [0.25, 0.3) is 0 Å². The summed E-state index contributed by atoms with van der Waals surface area (Å²) < 4.78 is 30.2. The Morgan fingerprint density at radius 2 is 1.26 bits per heavy atom. The van der Waals surface area contributed by atoms with Crippen LogP contribution in [0.25, 0.3) is 0 Å². The number of quaternary nitrogens is 1. The van der Waals surface area contributed by atoms with Gasteiger partial charge >= 0.3 is 6.68 Å². The third kappa shape index (κ3) is 8.61. The van der Waals surface area contributed by atoms with E-state index in [0.29, 0.717) is 0 Å². The minimum absolute atomic E-state index is 0. The van der Waals surface area contributed by atoms with Gasteiger partial charge in [0.15, 0.2) is 0 Å². The Hall–Kier alpha value is -1.07. The standard InChI is InChI=1S/C13H22N.CHF3.H3N/c1-4-14(5-2,6-3)12-13-10-8-7-9-11-13;2-1(3)4;/h7-11H,4-6,12H2,1-3H3;1H;1H3/q+1;;. The highest BCUT2D eigenvalue weighted by atomic mass is 19.4. The molecule has 0 aliphatic carbocycles. The van der Waals surface area contributed by atoms with Crippen LogP contribution in [0.15, 0.2) is 30.3 Å². The minimum atomic E-state index is -3.67. The van der Waals surface area contributed by atoms with Gasteiger partial charge in [0.2, 0.25) is 0 Å². The molecule has 0 atom stereocenters. The second kappa shape index (κ2) is 10.8. The van der Waals surface area contributed by atoms with Crippen molar-refractivity contribution in [2.45, 2.75) is 34.0 Å². The number of hydrogen-bond donors (Lipinski definition) is 1. The van der Waals surface area contributed by atoms with Crippen LogP contribution in [-0.4, -0.2) is 30.8 Å². The molecule has 19 heavy (non-hydrogen) atoms. The van der Waals surface area contributed by atoms with Gasteiger partial charge < -0.3 is 10.6 Å². The van der Waals surface area contributed by atoms with E-state index < -0.39 is 6.68 Å². The van der Waals surface area contributed by atoms with Gasteiger partial charge in [-0.1, -0.05) is 30.3 Å². The quantitative estimate of drug-likeness (QED) is 0.796.